The van der Waals surface area contributed by atoms with Crippen molar-refractivity contribution in [1.29, 1.82) is 0 Å². The van der Waals surface area contributed by atoms with Crippen LogP contribution in [0.25, 0.3) is 0 Å². The minimum absolute atomic E-state index is 0.821. The van der Waals surface area contributed by atoms with Crippen molar-refractivity contribution >= 4 is 0 Å². The van der Waals surface area contributed by atoms with Crippen molar-refractivity contribution in [3.8, 4) is 0 Å². The van der Waals surface area contributed by atoms with E-state index in [1.807, 2.05) is 0 Å². The zero-order valence-electron chi connectivity index (χ0n) is 8.47. The lowest BCUT2D eigenvalue weighted by Crippen LogP contribution is -2.33. The Labute approximate surface area is 76.1 Å². The van der Waals surface area contributed by atoms with Gasteiger partial charge in [0.15, 0.2) is 0 Å². The Hall–Kier alpha value is -0.0400. The number of hydrogen-bond donors (Lipinski definition) is 0. The summed E-state index contributed by atoms with van der Waals surface area (Å²) >= 11 is 0. The van der Waals surface area contributed by atoms with E-state index >= 15 is 0 Å². The van der Waals surface area contributed by atoms with Crippen LogP contribution >= 0.6 is 0 Å². The van der Waals surface area contributed by atoms with Crippen LogP contribution in [0.4, 0.5) is 0 Å². The molecule has 0 bridgehead atoms. The number of hydrogen-bond acceptors (Lipinski definition) is 1. The van der Waals surface area contributed by atoms with E-state index in [9.17, 15) is 0 Å². The molecule has 1 nitrogen and oxygen atoms in total. The number of nitrogens with zero attached hydrogens (tertiary/aromatic N) is 1. The van der Waals surface area contributed by atoms with Crippen LogP contribution in [0.15, 0.2) is 0 Å². The van der Waals surface area contributed by atoms with Gasteiger partial charge >= 0.3 is 0 Å². The summed E-state index contributed by atoms with van der Waals surface area (Å²) in [5.41, 5.74) is 0.821. The molecule has 1 aliphatic carbocycles. The Morgan fingerprint density at radius 1 is 1.25 bits per heavy atom. The van der Waals surface area contributed by atoms with Crippen molar-refractivity contribution in [3.05, 3.63) is 0 Å². The first-order valence-electron chi connectivity index (χ1n) is 5.45. The van der Waals surface area contributed by atoms with Gasteiger partial charge in [-0.2, -0.15) is 0 Å². The minimum atomic E-state index is 0.821. The molecule has 0 atom stereocenters. The van der Waals surface area contributed by atoms with E-state index in [1.54, 1.807) is 0 Å². The zero-order valence-corrected chi connectivity index (χ0v) is 8.47. The van der Waals surface area contributed by atoms with Gasteiger partial charge in [0.25, 0.3) is 0 Å². The third kappa shape index (κ3) is 1.39. The average molecular weight is 167 g/mol. The van der Waals surface area contributed by atoms with E-state index < -0.39 is 0 Å². The Bertz CT molecular complexity index is 152. The van der Waals surface area contributed by atoms with E-state index in [0.29, 0.717) is 0 Å². The second-order valence-electron chi connectivity index (χ2n) is 4.79. The highest BCUT2D eigenvalue weighted by Gasteiger charge is 2.47. The monoisotopic (exact) mass is 167 g/mol. The summed E-state index contributed by atoms with van der Waals surface area (Å²) in [6.45, 7) is 5.06. The molecule has 1 saturated carbocycles. The fraction of sp³-hybridized carbons (Fsp3) is 1.00. The summed E-state index contributed by atoms with van der Waals surface area (Å²) < 4.78 is 0. The molecule has 0 aromatic rings. The predicted molar refractivity (Wildman–Crippen MR) is 52.2 cm³/mol. The van der Waals surface area contributed by atoms with Crippen LogP contribution in [0, 0.1) is 11.3 Å². The molecule has 0 aromatic carbocycles. The Morgan fingerprint density at radius 3 is 2.25 bits per heavy atom. The van der Waals surface area contributed by atoms with Gasteiger partial charge in [-0.15, -0.1) is 0 Å². The highest BCUT2D eigenvalue weighted by atomic mass is 15.1. The van der Waals surface area contributed by atoms with E-state index in [2.05, 4.69) is 18.9 Å². The normalized spacial score (nSPS) is 30.5. The lowest BCUT2D eigenvalue weighted by molar-refractivity contribution is 0.155. The number of piperidine rings is 1. The Balaban J connectivity index is 1.89. The quantitative estimate of drug-likeness (QED) is 0.611. The minimum Gasteiger partial charge on any atom is -0.306 e. The SMILES string of the molecule is CCC1(C2CCN(C)CC2)CC1. The fourth-order valence-electron chi connectivity index (χ4n) is 2.83. The summed E-state index contributed by atoms with van der Waals surface area (Å²) in [5.74, 6) is 1.07. The average Bonchev–Trinajstić information content (AvgIpc) is 2.86. The molecule has 0 amide bonds. The number of likely N-dealkylation sites (tertiary alicyclic amines) is 1. The standard InChI is InChI=1S/C11H21N/c1-3-11(6-7-11)10-4-8-12(2)9-5-10/h10H,3-9H2,1-2H3. The molecular formula is C11H21N. The molecule has 2 rings (SSSR count). The maximum Gasteiger partial charge on any atom is -0.00189 e. The predicted octanol–water partition coefficient (Wildman–Crippen LogP) is 2.52. The largest absolute Gasteiger partial charge is 0.306 e. The van der Waals surface area contributed by atoms with E-state index in [-0.39, 0.29) is 0 Å². The van der Waals surface area contributed by atoms with Crippen LogP contribution < -0.4 is 0 Å². The summed E-state index contributed by atoms with van der Waals surface area (Å²) in [6.07, 6.45) is 7.41. The number of rotatable bonds is 2. The molecule has 0 unspecified atom stereocenters. The van der Waals surface area contributed by atoms with E-state index in [0.717, 1.165) is 11.3 Å². The van der Waals surface area contributed by atoms with Crippen LogP contribution in [-0.2, 0) is 0 Å². The van der Waals surface area contributed by atoms with Gasteiger partial charge < -0.3 is 4.90 Å². The van der Waals surface area contributed by atoms with Crippen LogP contribution in [-0.4, -0.2) is 25.0 Å². The first-order chi connectivity index (χ1) is 5.77. The molecule has 0 aromatic heterocycles. The van der Waals surface area contributed by atoms with Crippen LogP contribution in [0.1, 0.15) is 39.0 Å². The van der Waals surface area contributed by atoms with Crippen LogP contribution in [0.3, 0.4) is 0 Å². The van der Waals surface area contributed by atoms with E-state index in [1.165, 1.54) is 45.2 Å². The van der Waals surface area contributed by atoms with Crippen molar-refractivity contribution in [2.45, 2.75) is 39.0 Å². The smallest absolute Gasteiger partial charge is 0.00189 e. The van der Waals surface area contributed by atoms with Gasteiger partial charge in [-0.1, -0.05) is 13.3 Å². The van der Waals surface area contributed by atoms with Crippen molar-refractivity contribution in [1.82, 2.24) is 4.90 Å². The van der Waals surface area contributed by atoms with Gasteiger partial charge in [-0.05, 0) is 57.2 Å². The summed E-state index contributed by atoms with van der Waals surface area (Å²) in [5, 5.41) is 0. The van der Waals surface area contributed by atoms with Crippen molar-refractivity contribution in [3.63, 3.8) is 0 Å². The van der Waals surface area contributed by atoms with Crippen molar-refractivity contribution in [2.24, 2.45) is 11.3 Å². The highest BCUT2D eigenvalue weighted by Crippen LogP contribution is 2.57. The second kappa shape index (κ2) is 3.02. The van der Waals surface area contributed by atoms with Gasteiger partial charge in [0, 0.05) is 0 Å². The lowest BCUT2D eigenvalue weighted by Gasteiger charge is -2.34. The van der Waals surface area contributed by atoms with Gasteiger partial charge in [-0.25, -0.2) is 0 Å². The maximum atomic E-state index is 2.47. The fourth-order valence-corrected chi connectivity index (χ4v) is 2.83. The van der Waals surface area contributed by atoms with Gasteiger partial charge in [0.05, 0.1) is 0 Å². The molecule has 1 aliphatic heterocycles. The molecule has 1 heterocycles. The van der Waals surface area contributed by atoms with Gasteiger partial charge in [0.2, 0.25) is 0 Å². The Kier molecular flexibility index (Phi) is 2.16. The highest BCUT2D eigenvalue weighted by molar-refractivity contribution is 4.98. The third-order valence-corrected chi connectivity index (χ3v) is 4.18. The van der Waals surface area contributed by atoms with Crippen molar-refractivity contribution < 1.29 is 0 Å². The summed E-state index contributed by atoms with van der Waals surface area (Å²) in [4.78, 5) is 2.47. The van der Waals surface area contributed by atoms with Crippen LogP contribution in [0.2, 0.25) is 0 Å². The molecule has 0 radical (unpaired) electrons. The van der Waals surface area contributed by atoms with Crippen LogP contribution in [0.5, 0.6) is 0 Å². The van der Waals surface area contributed by atoms with Gasteiger partial charge in [-0.3, -0.25) is 0 Å². The zero-order chi connectivity index (χ0) is 8.60. The topological polar surface area (TPSA) is 3.24 Å². The second-order valence-corrected chi connectivity index (χ2v) is 4.79. The first-order valence-corrected chi connectivity index (χ1v) is 5.45. The Morgan fingerprint density at radius 2 is 1.83 bits per heavy atom. The lowest BCUT2D eigenvalue weighted by atomic mass is 9.80. The molecule has 12 heavy (non-hydrogen) atoms. The molecule has 70 valence electrons. The molecule has 0 N–H and O–H groups in total. The molecule has 1 saturated heterocycles. The third-order valence-electron chi connectivity index (χ3n) is 4.18. The molecule has 2 aliphatic rings. The molecule has 0 spiro atoms. The maximum absolute atomic E-state index is 2.47. The van der Waals surface area contributed by atoms with E-state index in [4.69, 9.17) is 0 Å². The van der Waals surface area contributed by atoms with Gasteiger partial charge in [0.1, 0.15) is 0 Å². The first kappa shape index (κ1) is 8.55. The van der Waals surface area contributed by atoms with Crippen molar-refractivity contribution in [2.75, 3.05) is 20.1 Å². The molecule has 1 heteroatoms. The molecule has 2 fully saturated rings. The molecular weight excluding hydrogens is 146 g/mol. The summed E-state index contributed by atoms with van der Waals surface area (Å²) in [6, 6.07) is 0. The summed E-state index contributed by atoms with van der Waals surface area (Å²) in [7, 11) is 2.25.